The number of ether oxygens (including phenoxy) is 1. The van der Waals surface area contributed by atoms with Gasteiger partial charge < -0.3 is 4.74 Å². The van der Waals surface area contributed by atoms with Crippen LogP contribution < -0.4 is 0 Å². The molecule has 0 aromatic rings. The van der Waals surface area contributed by atoms with Crippen LogP contribution in [0.1, 0.15) is 19.3 Å². The molecule has 0 heterocycles. The third-order valence-electron chi connectivity index (χ3n) is 2.12. The molecule has 1 unspecified atom stereocenters. The zero-order valence-electron chi connectivity index (χ0n) is 8.70. The predicted octanol–water partition coefficient (Wildman–Crippen LogP) is 2.05. The zero-order chi connectivity index (χ0) is 10.2. The van der Waals surface area contributed by atoms with Crippen molar-refractivity contribution in [2.24, 2.45) is 0 Å². The molecule has 0 amide bonds. The average molecular weight is 214 g/mol. The van der Waals surface area contributed by atoms with E-state index in [0.29, 0.717) is 12.4 Å². The third-order valence-corrected chi connectivity index (χ3v) is 3.52. The summed E-state index contributed by atoms with van der Waals surface area (Å²) < 4.78 is 16.5. The van der Waals surface area contributed by atoms with Crippen molar-refractivity contribution in [1.82, 2.24) is 0 Å². The molecule has 1 aliphatic rings. The van der Waals surface area contributed by atoms with Crippen LogP contribution in [0.5, 0.6) is 0 Å². The molecule has 14 heavy (non-hydrogen) atoms. The topological polar surface area (TPSA) is 26.3 Å². The summed E-state index contributed by atoms with van der Waals surface area (Å²) in [6.45, 7) is 0.709. The molecule has 0 radical (unpaired) electrons. The summed E-state index contributed by atoms with van der Waals surface area (Å²) >= 11 is 0. The molecular weight excluding hydrogens is 196 g/mol. The van der Waals surface area contributed by atoms with Crippen molar-refractivity contribution < 1.29 is 8.95 Å². The van der Waals surface area contributed by atoms with Gasteiger partial charge in [-0.15, -0.1) is 0 Å². The molecule has 0 bridgehead atoms. The van der Waals surface area contributed by atoms with Crippen molar-refractivity contribution in [3.63, 3.8) is 0 Å². The Bertz CT molecular complexity index is 244. The largest absolute Gasteiger partial charge is 0.385 e. The van der Waals surface area contributed by atoms with Gasteiger partial charge in [-0.1, -0.05) is 18.2 Å². The van der Waals surface area contributed by atoms with Crippen LogP contribution in [-0.4, -0.2) is 29.4 Å². The Balaban J connectivity index is 2.19. The molecular formula is C11H18O2S. The van der Waals surface area contributed by atoms with Gasteiger partial charge in [-0.2, -0.15) is 0 Å². The van der Waals surface area contributed by atoms with Crippen molar-refractivity contribution in [3.05, 3.63) is 23.8 Å². The van der Waals surface area contributed by atoms with E-state index in [1.54, 1.807) is 7.11 Å². The predicted molar refractivity (Wildman–Crippen MR) is 60.8 cm³/mol. The van der Waals surface area contributed by atoms with Gasteiger partial charge >= 0.3 is 0 Å². The highest BCUT2D eigenvalue weighted by Gasteiger charge is 2.03. The standard InChI is InChI=1S/C11H18O2S/c1-13-8-5-9-14(12)10-11-6-3-2-4-7-11/h3,6-7H,2,4-5,8-10H2,1H3. The minimum atomic E-state index is -0.719. The molecule has 0 spiro atoms. The second kappa shape index (κ2) is 6.96. The maximum absolute atomic E-state index is 11.6. The molecule has 80 valence electrons. The van der Waals surface area contributed by atoms with Crippen LogP contribution in [0.25, 0.3) is 0 Å². The first-order valence-electron chi connectivity index (χ1n) is 5.02. The van der Waals surface area contributed by atoms with E-state index in [-0.39, 0.29) is 0 Å². The van der Waals surface area contributed by atoms with Crippen molar-refractivity contribution >= 4 is 10.8 Å². The van der Waals surface area contributed by atoms with Crippen molar-refractivity contribution in [1.29, 1.82) is 0 Å². The maximum Gasteiger partial charge on any atom is 0.0482 e. The van der Waals surface area contributed by atoms with E-state index >= 15 is 0 Å². The van der Waals surface area contributed by atoms with Gasteiger partial charge in [0.1, 0.15) is 0 Å². The van der Waals surface area contributed by atoms with E-state index in [9.17, 15) is 4.21 Å². The highest BCUT2D eigenvalue weighted by Crippen LogP contribution is 2.10. The van der Waals surface area contributed by atoms with Crippen LogP contribution in [-0.2, 0) is 15.5 Å². The Kier molecular flexibility index (Phi) is 5.80. The van der Waals surface area contributed by atoms with Crippen LogP contribution in [0.3, 0.4) is 0 Å². The van der Waals surface area contributed by atoms with Gasteiger partial charge in [0, 0.05) is 36.0 Å². The lowest BCUT2D eigenvalue weighted by molar-refractivity contribution is 0.200. The van der Waals surface area contributed by atoms with Gasteiger partial charge in [-0.05, 0) is 24.8 Å². The summed E-state index contributed by atoms with van der Waals surface area (Å²) in [7, 11) is 0.957. The molecule has 0 N–H and O–H groups in total. The molecule has 1 rings (SSSR count). The smallest absolute Gasteiger partial charge is 0.0482 e. The van der Waals surface area contributed by atoms with Crippen LogP contribution in [0.15, 0.2) is 23.8 Å². The van der Waals surface area contributed by atoms with E-state index < -0.39 is 10.8 Å². The molecule has 0 aromatic heterocycles. The van der Waals surface area contributed by atoms with Gasteiger partial charge in [-0.3, -0.25) is 4.21 Å². The Morgan fingerprint density at radius 3 is 3.00 bits per heavy atom. The lowest BCUT2D eigenvalue weighted by Gasteiger charge is -2.06. The molecule has 0 saturated heterocycles. The van der Waals surface area contributed by atoms with Crippen LogP contribution in [0.2, 0.25) is 0 Å². The first-order chi connectivity index (χ1) is 6.83. The van der Waals surface area contributed by atoms with Gasteiger partial charge in [0.15, 0.2) is 0 Å². The SMILES string of the molecule is COCCCS(=O)CC1=CCCC=C1. The molecule has 1 atom stereocenters. The summed E-state index contributed by atoms with van der Waals surface area (Å²) in [6, 6.07) is 0. The first-order valence-corrected chi connectivity index (χ1v) is 6.51. The van der Waals surface area contributed by atoms with E-state index in [4.69, 9.17) is 4.74 Å². The number of hydrogen-bond donors (Lipinski definition) is 0. The van der Waals surface area contributed by atoms with Gasteiger partial charge in [0.05, 0.1) is 0 Å². The Labute approximate surface area is 88.5 Å². The molecule has 2 nitrogen and oxygen atoms in total. The van der Waals surface area contributed by atoms with E-state index in [1.165, 1.54) is 5.57 Å². The Morgan fingerprint density at radius 1 is 1.50 bits per heavy atom. The number of hydrogen-bond acceptors (Lipinski definition) is 2. The van der Waals surface area contributed by atoms with Crippen molar-refractivity contribution in [2.75, 3.05) is 25.2 Å². The second-order valence-corrected chi connectivity index (χ2v) is 4.97. The molecule has 0 aliphatic heterocycles. The van der Waals surface area contributed by atoms with Gasteiger partial charge in [-0.25, -0.2) is 0 Å². The molecule has 1 aliphatic carbocycles. The summed E-state index contributed by atoms with van der Waals surface area (Å²) in [5, 5.41) is 0. The summed E-state index contributed by atoms with van der Waals surface area (Å²) in [4.78, 5) is 0. The first kappa shape index (κ1) is 11.7. The van der Waals surface area contributed by atoms with Crippen LogP contribution >= 0.6 is 0 Å². The maximum atomic E-state index is 11.6. The molecule has 0 aromatic carbocycles. The van der Waals surface area contributed by atoms with Crippen molar-refractivity contribution in [2.45, 2.75) is 19.3 Å². The number of allylic oxidation sites excluding steroid dienone is 3. The monoisotopic (exact) mass is 214 g/mol. The van der Waals surface area contributed by atoms with Crippen molar-refractivity contribution in [3.8, 4) is 0 Å². The number of rotatable bonds is 6. The fraction of sp³-hybridized carbons (Fsp3) is 0.636. The minimum absolute atomic E-state index is 0.709. The average Bonchev–Trinajstić information content (AvgIpc) is 2.20. The summed E-state index contributed by atoms with van der Waals surface area (Å²) in [5.74, 6) is 1.46. The molecule has 3 heteroatoms. The second-order valence-electron chi connectivity index (χ2n) is 3.39. The van der Waals surface area contributed by atoms with Crippen LogP contribution in [0, 0.1) is 0 Å². The fourth-order valence-corrected chi connectivity index (χ4v) is 2.57. The lowest BCUT2D eigenvalue weighted by Crippen LogP contribution is -2.07. The van der Waals surface area contributed by atoms with Gasteiger partial charge in [0.2, 0.25) is 0 Å². The lowest BCUT2D eigenvalue weighted by atomic mass is 10.1. The molecule has 0 saturated carbocycles. The summed E-state index contributed by atoms with van der Waals surface area (Å²) in [5.41, 5.74) is 1.23. The zero-order valence-corrected chi connectivity index (χ0v) is 9.52. The van der Waals surface area contributed by atoms with Crippen LogP contribution in [0.4, 0.5) is 0 Å². The normalized spacial score (nSPS) is 17.9. The quantitative estimate of drug-likeness (QED) is 0.633. The minimum Gasteiger partial charge on any atom is -0.385 e. The summed E-state index contributed by atoms with van der Waals surface area (Å²) in [6.07, 6.45) is 9.55. The number of methoxy groups -OCH3 is 1. The Hall–Kier alpha value is -0.410. The Morgan fingerprint density at radius 2 is 2.36 bits per heavy atom. The van der Waals surface area contributed by atoms with Gasteiger partial charge in [0.25, 0.3) is 0 Å². The third kappa shape index (κ3) is 4.72. The fourth-order valence-electron chi connectivity index (χ4n) is 1.40. The highest BCUT2D eigenvalue weighted by molar-refractivity contribution is 7.85. The van der Waals surface area contributed by atoms with E-state index in [1.807, 2.05) is 0 Å². The highest BCUT2D eigenvalue weighted by atomic mass is 32.2. The van der Waals surface area contributed by atoms with E-state index in [0.717, 1.165) is 25.0 Å². The van der Waals surface area contributed by atoms with E-state index in [2.05, 4.69) is 18.2 Å². The molecule has 0 fully saturated rings.